The number of thiophene rings is 1. The molecule has 2 aliphatic rings. The van der Waals surface area contributed by atoms with Gasteiger partial charge in [-0.3, -0.25) is 4.79 Å². The summed E-state index contributed by atoms with van der Waals surface area (Å²) in [6.07, 6.45) is 2.02. The van der Waals surface area contributed by atoms with Crippen molar-refractivity contribution in [3.63, 3.8) is 0 Å². The summed E-state index contributed by atoms with van der Waals surface area (Å²) < 4.78 is 0. The molecule has 0 atom stereocenters. The lowest BCUT2D eigenvalue weighted by Gasteiger charge is -2.16. The van der Waals surface area contributed by atoms with E-state index in [1.807, 2.05) is 34.9 Å². The van der Waals surface area contributed by atoms with Crippen molar-refractivity contribution in [1.82, 2.24) is 0 Å². The lowest BCUT2D eigenvalue weighted by atomic mass is 10.1. The van der Waals surface area contributed by atoms with Crippen LogP contribution in [0.4, 0.5) is 11.4 Å². The number of nitrogens with zero attached hydrogens (tertiary/aromatic N) is 1. The summed E-state index contributed by atoms with van der Waals surface area (Å²) in [5.41, 5.74) is 10.1. The maximum atomic E-state index is 12.8. The van der Waals surface area contributed by atoms with Crippen molar-refractivity contribution in [3.8, 4) is 0 Å². The van der Waals surface area contributed by atoms with Gasteiger partial charge in [-0.2, -0.15) is 11.8 Å². The third-order valence-corrected chi connectivity index (χ3v) is 6.32. The largest absolute Gasteiger partial charge is 0.399 e. The standard InChI is InChI=1S/C16H16N2OS2/c17-12-2-1-10-3-5-18(13(10)8-12)16(19)15-7-11-9-20-6-4-14(11)21-15/h1-2,7-8H,3-6,9,17H2. The van der Waals surface area contributed by atoms with Crippen LogP contribution in [0.15, 0.2) is 24.3 Å². The minimum atomic E-state index is 0.128. The summed E-state index contributed by atoms with van der Waals surface area (Å²) >= 11 is 3.62. The number of rotatable bonds is 1. The number of hydrogen-bond donors (Lipinski definition) is 1. The third kappa shape index (κ3) is 2.24. The van der Waals surface area contributed by atoms with E-state index < -0.39 is 0 Å². The van der Waals surface area contributed by atoms with Crippen LogP contribution >= 0.6 is 23.1 Å². The van der Waals surface area contributed by atoms with Crippen LogP contribution in [-0.2, 0) is 18.6 Å². The first-order valence-electron chi connectivity index (χ1n) is 7.12. The SMILES string of the molecule is Nc1ccc2c(c1)N(C(=O)c1cc3c(s1)CCSC3)CC2. The summed E-state index contributed by atoms with van der Waals surface area (Å²) in [4.78, 5) is 17.0. The molecule has 0 fully saturated rings. The lowest BCUT2D eigenvalue weighted by molar-refractivity contribution is 0.0993. The minimum absolute atomic E-state index is 0.128. The summed E-state index contributed by atoms with van der Waals surface area (Å²) in [7, 11) is 0. The molecule has 1 aromatic heterocycles. The Morgan fingerprint density at radius 1 is 1.19 bits per heavy atom. The Balaban J connectivity index is 1.67. The molecule has 0 spiro atoms. The van der Waals surface area contributed by atoms with Crippen LogP contribution in [0.1, 0.15) is 25.7 Å². The number of benzene rings is 1. The molecule has 0 saturated carbocycles. The second kappa shape index (κ2) is 5.07. The molecule has 0 bridgehead atoms. The van der Waals surface area contributed by atoms with Gasteiger partial charge in [0.2, 0.25) is 0 Å². The molecule has 1 aromatic carbocycles. The summed E-state index contributed by atoms with van der Waals surface area (Å²) in [5, 5.41) is 0. The van der Waals surface area contributed by atoms with Crippen molar-refractivity contribution in [2.45, 2.75) is 18.6 Å². The topological polar surface area (TPSA) is 46.3 Å². The lowest BCUT2D eigenvalue weighted by Crippen LogP contribution is -2.28. The Hall–Kier alpha value is -1.46. The molecule has 2 aliphatic heterocycles. The molecule has 0 unspecified atom stereocenters. The number of carbonyl (C=O) groups is 1. The molecule has 0 radical (unpaired) electrons. The number of thioether (sulfide) groups is 1. The number of fused-ring (bicyclic) bond motifs is 2. The van der Waals surface area contributed by atoms with E-state index in [0.29, 0.717) is 0 Å². The number of aryl methyl sites for hydroxylation is 1. The number of hydrogen-bond acceptors (Lipinski definition) is 4. The van der Waals surface area contributed by atoms with Crippen molar-refractivity contribution >= 4 is 40.4 Å². The van der Waals surface area contributed by atoms with E-state index in [0.717, 1.165) is 41.4 Å². The van der Waals surface area contributed by atoms with Crippen molar-refractivity contribution in [2.24, 2.45) is 0 Å². The average molecular weight is 316 g/mol. The fourth-order valence-corrected chi connectivity index (χ4v) is 5.31. The molecular formula is C16H16N2OS2. The average Bonchev–Trinajstić information content (AvgIpc) is 3.09. The summed E-state index contributed by atoms with van der Waals surface area (Å²) in [6, 6.07) is 7.96. The van der Waals surface area contributed by atoms with Gasteiger partial charge in [-0.15, -0.1) is 11.3 Å². The van der Waals surface area contributed by atoms with Crippen molar-refractivity contribution < 1.29 is 4.79 Å². The van der Waals surface area contributed by atoms with Crippen LogP contribution in [0.2, 0.25) is 0 Å². The highest BCUT2D eigenvalue weighted by Gasteiger charge is 2.28. The van der Waals surface area contributed by atoms with Crippen LogP contribution < -0.4 is 10.6 Å². The highest BCUT2D eigenvalue weighted by atomic mass is 32.2. The van der Waals surface area contributed by atoms with Crippen LogP contribution in [0.25, 0.3) is 0 Å². The number of nitrogen functional groups attached to an aromatic ring is 1. The van der Waals surface area contributed by atoms with Gasteiger partial charge in [0.25, 0.3) is 5.91 Å². The molecular weight excluding hydrogens is 300 g/mol. The van der Waals surface area contributed by atoms with Gasteiger partial charge in [-0.1, -0.05) is 6.07 Å². The van der Waals surface area contributed by atoms with Gasteiger partial charge in [-0.25, -0.2) is 0 Å². The highest BCUT2D eigenvalue weighted by Crippen LogP contribution is 2.35. The van der Waals surface area contributed by atoms with Crippen molar-refractivity contribution in [2.75, 3.05) is 22.9 Å². The predicted octanol–water partition coefficient (Wildman–Crippen LogP) is 3.32. The normalized spacial score (nSPS) is 16.7. The fourth-order valence-electron chi connectivity index (χ4n) is 2.99. The molecule has 1 amide bonds. The quantitative estimate of drug-likeness (QED) is 0.821. The van der Waals surface area contributed by atoms with E-state index in [1.54, 1.807) is 11.3 Å². The predicted molar refractivity (Wildman–Crippen MR) is 90.4 cm³/mol. The summed E-state index contributed by atoms with van der Waals surface area (Å²) in [5.74, 6) is 2.34. The van der Waals surface area contributed by atoms with Gasteiger partial charge in [0.05, 0.1) is 4.88 Å². The first kappa shape index (κ1) is 13.2. The van der Waals surface area contributed by atoms with Gasteiger partial charge in [-0.05, 0) is 47.9 Å². The number of nitrogens with two attached hydrogens (primary N) is 1. The fraction of sp³-hybridized carbons (Fsp3) is 0.312. The Bertz CT molecular complexity index is 700. The van der Waals surface area contributed by atoms with Gasteiger partial charge in [0.1, 0.15) is 0 Å². The van der Waals surface area contributed by atoms with Gasteiger partial charge >= 0.3 is 0 Å². The first-order chi connectivity index (χ1) is 10.2. The van der Waals surface area contributed by atoms with Gasteiger partial charge in [0.15, 0.2) is 0 Å². The minimum Gasteiger partial charge on any atom is -0.399 e. The zero-order valence-corrected chi connectivity index (χ0v) is 13.2. The van der Waals surface area contributed by atoms with Gasteiger partial charge in [0, 0.05) is 28.5 Å². The molecule has 3 heterocycles. The zero-order chi connectivity index (χ0) is 14.4. The van der Waals surface area contributed by atoms with E-state index in [2.05, 4.69) is 6.07 Å². The Morgan fingerprint density at radius 3 is 2.95 bits per heavy atom. The summed E-state index contributed by atoms with van der Waals surface area (Å²) in [6.45, 7) is 0.759. The van der Waals surface area contributed by atoms with Crippen LogP contribution in [-0.4, -0.2) is 18.2 Å². The molecule has 108 valence electrons. The van der Waals surface area contributed by atoms with E-state index in [-0.39, 0.29) is 5.91 Å². The molecule has 0 saturated heterocycles. The second-order valence-corrected chi connectivity index (χ2v) is 7.70. The number of carbonyl (C=O) groups excluding carboxylic acids is 1. The number of amides is 1. The Morgan fingerprint density at radius 2 is 2.10 bits per heavy atom. The Kier molecular flexibility index (Phi) is 3.19. The monoisotopic (exact) mass is 316 g/mol. The van der Waals surface area contributed by atoms with E-state index >= 15 is 0 Å². The maximum absolute atomic E-state index is 12.8. The molecule has 5 heteroatoms. The smallest absolute Gasteiger partial charge is 0.268 e. The molecule has 0 aliphatic carbocycles. The molecule has 3 nitrogen and oxygen atoms in total. The van der Waals surface area contributed by atoms with Crippen molar-refractivity contribution in [3.05, 3.63) is 45.1 Å². The van der Waals surface area contributed by atoms with E-state index in [1.165, 1.54) is 21.8 Å². The molecule has 2 N–H and O–H groups in total. The zero-order valence-electron chi connectivity index (χ0n) is 11.6. The number of anilines is 2. The van der Waals surface area contributed by atoms with Crippen LogP contribution in [0.3, 0.4) is 0 Å². The van der Waals surface area contributed by atoms with E-state index in [9.17, 15) is 4.79 Å². The molecule has 21 heavy (non-hydrogen) atoms. The third-order valence-electron chi connectivity index (χ3n) is 4.09. The van der Waals surface area contributed by atoms with E-state index in [4.69, 9.17) is 5.73 Å². The van der Waals surface area contributed by atoms with Crippen molar-refractivity contribution in [1.29, 1.82) is 0 Å². The second-order valence-electron chi connectivity index (χ2n) is 5.46. The van der Waals surface area contributed by atoms with Crippen LogP contribution in [0.5, 0.6) is 0 Å². The maximum Gasteiger partial charge on any atom is 0.268 e. The van der Waals surface area contributed by atoms with Crippen LogP contribution in [0, 0.1) is 0 Å². The molecule has 2 aromatic rings. The Labute approximate surface area is 132 Å². The first-order valence-corrected chi connectivity index (χ1v) is 9.09. The highest BCUT2D eigenvalue weighted by molar-refractivity contribution is 7.98. The van der Waals surface area contributed by atoms with Gasteiger partial charge < -0.3 is 10.6 Å². The molecule has 4 rings (SSSR count).